The minimum atomic E-state index is -0.419. The van der Waals surface area contributed by atoms with Gasteiger partial charge in [-0.25, -0.2) is 0 Å². The zero-order chi connectivity index (χ0) is 11.3. The van der Waals surface area contributed by atoms with Gasteiger partial charge in [0.15, 0.2) is 0 Å². The summed E-state index contributed by atoms with van der Waals surface area (Å²) in [6.07, 6.45) is 0. The number of nitrogens with zero attached hydrogens (tertiary/aromatic N) is 1. The Labute approximate surface area is 95.6 Å². The molecule has 1 unspecified atom stereocenters. The molecular weight excluding hydrogens is 234 g/mol. The Balaban J connectivity index is 2.53. The van der Waals surface area contributed by atoms with Crippen molar-refractivity contribution in [1.29, 1.82) is 0 Å². The Hall–Kier alpha value is -0.720. The average molecular weight is 245 g/mol. The fourth-order valence-electron chi connectivity index (χ4n) is 0.792. The Kier molecular flexibility index (Phi) is 4.93. The van der Waals surface area contributed by atoms with Crippen LogP contribution in [0, 0.1) is 10.1 Å². The van der Waals surface area contributed by atoms with Gasteiger partial charge in [-0.2, -0.15) is 0 Å². The monoisotopic (exact) mass is 245 g/mol. The first-order chi connectivity index (χ1) is 7.13. The fraction of sp³-hybridized carbons (Fsp3) is 0.333. The van der Waals surface area contributed by atoms with E-state index in [9.17, 15) is 10.1 Å². The molecule has 0 aliphatic rings. The van der Waals surface area contributed by atoms with Crippen molar-refractivity contribution in [2.75, 3.05) is 6.61 Å². The highest BCUT2D eigenvalue weighted by atomic mass is 33.1. The Morgan fingerprint density at radius 2 is 2.07 bits per heavy atom. The number of hydrogen-bond donors (Lipinski definition) is 1. The maximum Gasteiger partial charge on any atom is 0.269 e. The molecular formula is C9H11NO3S2. The van der Waals surface area contributed by atoms with Crippen LogP contribution >= 0.6 is 21.6 Å². The normalized spacial score (nSPS) is 12.4. The molecule has 4 nitrogen and oxygen atoms in total. The van der Waals surface area contributed by atoms with Gasteiger partial charge in [-0.3, -0.25) is 10.1 Å². The molecule has 0 bridgehead atoms. The molecule has 1 aromatic carbocycles. The van der Waals surface area contributed by atoms with E-state index in [0.717, 1.165) is 4.90 Å². The summed E-state index contributed by atoms with van der Waals surface area (Å²) in [5.74, 6) is 0. The van der Waals surface area contributed by atoms with Crippen LogP contribution in [0.3, 0.4) is 0 Å². The lowest BCUT2D eigenvalue weighted by Gasteiger charge is -2.05. The Morgan fingerprint density at radius 1 is 1.47 bits per heavy atom. The minimum absolute atomic E-state index is 0.0968. The molecule has 0 fully saturated rings. The molecule has 82 valence electrons. The van der Waals surface area contributed by atoms with E-state index in [4.69, 9.17) is 5.11 Å². The summed E-state index contributed by atoms with van der Waals surface area (Å²) in [5.41, 5.74) is 0.0968. The van der Waals surface area contributed by atoms with Crippen LogP contribution < -0.4 is 0 Å². The van der Waals surface area contributed by atoms with E-state index < -0.39 is 4.92 Å². The van der Waals surface area contributed by atoms with Crippen LogP contribution in [-0.2, 0) is 0 Å². The SMILES string of the molecule is CC(CO)SSc1ccc([N+](=O)[O-])cc1. The maximum atomic E-state index is 10.4. The Bertz CT molecular complexity index is 329. The molecule has 0 aromatic heterocycles. The van der Waals surface area contributed by atoms with Crippen LogP contribution in [0.15, 0.2) is 29.2 Å². The van der Waals surface area contributed by atoms with Gasteiger partial charge in [-0.05, 0) is 12.1 Å². The van der Waals surface area contributed by atoms with Crippen LogP contribution in [0.2, 0.25) is 0 Å². The lowest BCUT2D eigenvalue weighted by atomic mass is 10.3. The predicted molar refractivity (Wildman–Crippen MR) is 63.1 cm³/mol. The van der Waals surface area contributed by atoms with Crippen molar-refractivity contribution in [2.24, 2.45) is 0 Å². The van der Waals surface area contributed by atoms with Crippen LogP contribution in [0.1, 0.15) is 6.92 Å². The number of nitro benzene ring substituents is 1. The van der Waals surface area contributed by atoms with Gasteiger partial charge in [0.2, 0.25) is 0 Å². The predicted octanol–water partition coefficient (Wildman–Crippen LogP) is 2.72. The zero-order valence-electron chi connectivity index (χ0n) is 8.12. The van der Waals surface area contributed by atoms with Crippen molar-refractivity contribution >= 4 is 27.3 Å². The lowest BCUT2D eigenvalue weighted by Crippen LogP contribution is -1.99. The topological polar surface area (TPSA) is 63.4 Å². The van der Waals surface area contributed by atoms with E-state index in [2.05, 4.69) is 0 Å². The number of aliphatic hydroxyl groups is 1. The maximum absolute atomic E-state index is 10.4. The number of rotatable bonds is 5. The second-order valence-corrected chi connectivity index (χ2v) is 5.64. The van der Waals surface area contributed by atoms with E-state index in [1.54, 1.807) is 22.9 Å². The third-order valence-corrected chi connectivity index (χ3v) is 4.50. The van der Waals surface area contributed by atoms with Crippen LogP contribution in [0.25, 0.3) is 0 Å². The summed E-state index contributed by atoms with van der Waals surface area (Å²) in [7, 11) is 3.05. The largest absolute Gasteiger partial charge is 0.395 e. The van der Waals surface area contributed by atoms with E-state index in [1.807, 2.05) is 6.92 Å². The van der Waals surface area contributed by atoms with E-state index >= 15 is 0 Å². The minimum Gasteiger partial charge on any atom is -0.395 e. The molecule has 0 saturated heterocycles. The number of hydrogen-bond acceptors (Lipinski definition) is 5. The van der Waals surface area contributed by atoms with Crippen molar-refractivity contribution in [3.05, 3.63) is 34.4 Å². The molecule has 1 atom stereocenters. The molecule has 1 rings (SSSR count). The standard InChI is InChI=1S/C9H11NO3S2/c1-7(6-11)14-15-9-4-2-8(3-5-9)10(12)13/h2-5,7,11H,6H2,1H3. The number of non-ortho nitro benzene ring substituents is 1. The average Bonchev–Trinajstić information content (AvgIpc) is 2.26. The molecule has 0 saturated carbocycles. The van der Waals surface area contributed by atoms with Crippen LogP contribution in [0.5, 0.6) is 0 Å². The van der Waals surface area contributed by atoms with Gasteiger partial charge in [0.1, 0.15) is 0 Å². The quantitative estimate of drug-likeness (QED) is 0.491. The highest BCUT2D eigenvalue weighted by Gasteiger charge is 2.06. The molecule has 0 aliphatic carbocycles. The molecule has 15 heavy (non-hydrogen) atoms. The third kappa shape index (κ3) is 4.11. The van der Waals surface area contributed by atoms with Gasteiger partial charge in [0.05, 0.1) is 11.5 Å². The van der Waals surface area contributed by atoms with Crippen molar-refractivity contribution in [2.45, 2.75) is 17.1 Å². The molecule has 6 heteroatoms. The van der Waals surface area contributed by atoms with Gasteiger partial charge >= 0.3 is 0 Å². The zero-order valence-corrected chi connectivity index (χ0v) is 9.75. The summed E-state index contributed by atoms with van der Waals surface area (Å²) in [5, 5.41) is 19.3. The first-order valence-electron chi connectivity index (χ1n) is 4.32. The third-order valence-electron chi connectivity index (χ3n) is 1.61. The van der Waals surface area contributed by atoms with Crippen molar-refractivity contribution in [3.63, 3.8) is 0 Å². The van der Waals surface area contributed by atoms with Gasteiger partial charge in [0, 0.05) is 22.3 Å². The van der Waals surface area contributed by atoms with Gasteiger partial charge in [-0.1, -0.05) is 28.5 Å². The van der Waals surface area contributed by atoms with Gasteiger partial charge in [0.25, 0.3) is 5.69 Å². The number of benzene rings is 1. The molecule has 0 spiro atoms. The smallest absolute Gasteiger partial charge is 0.269 e. The second-order valence-electron chi connectivity index (χ2n) is 2.92. The molecule has 0 amide bonds. The highest BCUT2D eigenvalue weighted by Crippen LogP contribution is 2.34. The lowest BCUT2D eigenvalue weighted by molar-refractivity contribution is -0.384. The fourth-order valence-corrected chi connectivity index (χ4v) is 2.72. The number of nitro groups is 1. The van der Waals surface area contributed by atoms with Gasteiger partial charge < -0.3 is 5.11 Å². The molecule has 0 aliphatic heterocycles. The van der Waals surface area contributed by atoms with Gasteiger partial charge in [-0.15, -0.1) is 0 Å². The first-order valence-corrected chi connectivity index (χ1v) is 6.53. The van der Waals surface area contributed by atoms with Crippen molar-refractivity contribution in [1.82, 2.24) is 0 Å². The van der Waals surface area contributed by atoms with E-state index in [1.165, 1.54) is 22.9 Å². The second kappa shape index (κ2) is 5.99. The molecule has 1 N–H and O–H groups in total. The summed E-state index contributed by atoms with van der Waals surface area (Å²) in [4.78, 5) is 10.9. The van der Waals surface area contributed by atoms with E-state index in [-0.39, 0.29) is 17.5 Å². The summed E-state index contributed by atoms with van der Waals surface area (Å²) >= 11 is 0. The molecule has 1 aromatic rings. The highest BCUT2D eigenvalue weighted by molar-refractivity contribution is 8.76. The summed E-state index contributed by atoms with van der Waals surface area (Å²) < 4.78 is 0. The van der Waals surface area contributed by atoms with Crippen molar-refractivity contribution < 1.29 is 10.0 Å². The van der Waals surface area contributed by atoms with Crippen LogP contribution in [0.4, 0.5) is 5.69 Å². The molecule has 0 heterocycles. The Morgan fingerprint density at radius 3 is 2.53 bits per heavy atom. The molecule has 0 radical (unpaired) electrons. The summed E-state index contributed by atoms with van der Waals surface area (Å²) in [6.45, 7) is 2.05. The van der Waals surface area contributed by atoms with Crippen molar-refractivity contribution in [3.8, 4) is 0 Å². The first kappa shape index (κ1) is 12.4. The van der Waals surface area contributed by atoms with E-state index in [0.29, 0.717) is 0 Å². The number of aliphatic hydroxyl groups excluding tert-OH is 1. The summed E-state index contributed by atoms with van der Waals surface area (Å²) in [6, 6.07) is 6.37. The van der Waals surface area contributed by atoms with Crippen LogP contribution in [-0.4, -0.2) is 21.9 Å².